The minimum absolute atomic E-state index is 0.187. The normalized spacial score (nSPS) is 26.3. The number of ether oxygens (including phenoxy) is 1. The minimum Gasteiger partial charge on any atom is -0.465 e. The van der Waals surface area contributed by atoms with Crippen LogP contribution in [0.5, 0.6) is 0 Å². The molecule has 0 aromatic heterocycles. The van der Waals surface area contributed by atoms with Gasteiger partial charge >= 0.3 is 5.97 Å². The average molecular weight is 531 g/mol. The molecule has 3 aliphatic rings. The van der Waals surface area contributed by atoms with E-state index in [0.717, 1.165) is 31.1 Å². The van der Waals surface area contributed by atoms with Crippen LogP contribution >= 0.6 is 0 Å². The van der Waals surface area contributed by atoms with Gasteiger partial charge in [-0.2, -0.15) is 0 Å². The van der Waals surface area contributed by atoms with Gasteiger partial charge in [-0.25, -0.2) is 0 Å². The number of rotatable bonds is 18. The van der Waals surface area contributed by atoms with E-state index in [2.05, 4.69) is 13.8 Å². The van der Waals surface area contributed by atoms with E-state index in [0.29, 0.717) is 6.61 Å². The Bertz CT molecular complexity index is 605. The third-order valence-corrected chi connectivity index (χ3v) is 11.4. The highest BCUT2D eigenvalue weighted by Gasteiger charge is 2.57. The summed E-state index contributed by atoms with van der Waals surface area (Å²) in [5.41, 5.74) is 0.0227. The number of hydrogen-bond acceptors (Lipinski definition) is 2. The predicted molar refractivity (Wildman–Crippen MR) is 163 cm³/mol. The van der Waals surface area contributed by atoms with E-state index in [1.54, 1.807) is 0 Å². The molecule has 0 saturated heterocycles. The molecular formula is C36H66O2. The Balaban J connectivity index is 1.60. The van der Waals surface area contributed by atoms with Crippen LogP contribution < -0.4 is 0 Å². The molecule has 0 bridgehead atoms. The van der Waals surface area contributed by atoms with Crippen molar-refractivity contribution >= 4 is 5.97 Å². The molecule has 0 atom stereocenters. The van der Waals surface area contributed by atoms with Crippen LogP contribution in [0.2, 0.25) is 0 Å². The molecule has 38 heavy (non-hydrogen) atoms. The number of hydrogen-bond donors (Lipinski definition) is 0. The summed E-state index contributed by atoms with van der Waals surface area (Å²) in [5, 5.41) is 0. The summed E-state index contributed by atoms with van der Waals surface area (Å²) in [4.78, 5) is 14.1. The van der Waals surface area contributed by atoms with Gasteiger partial charge in [0.05, 0.1) is 12.0 Å². The van der Waals surface area contributed by atoms with Gasteiger partial charge in [0, 0.05) is 0 Å². The van der Waals surface area contributed by atoms with Crippen molar-refractivity contribution in [3.8, 4) is 0 Å². The molecule has 2 nitrogen and oxygen atoms in total. The third kappa shape index (κ3) is 9.26. The first kappa shape index (κ1) is 32.0. The summed E-state index contributed by atoms with van der Waals surface area (Å²) in [6, 6.07) is 0. The molecule has 0 aromatic rings. The second kappa shape index (κ2) is 18.0. The van der Waals surface area contributed by atoms with Crippen LogP contribution in [-0.2, 0) is 9.53 Å². The molecule has 2 heteroatoms. The summed E-state index contributed by atoms with van der Waals surface area (Å²) in [5.74, 6) is 2.13. The Morgan fingerprint density at radius 3 is 1.68 bits per heavy atom. The average Bonchev–Trinajstić information content (AvgIpc) is 2.97. The van der Waals surface area contributed by atoms with Crippen LogP contribution in [0.4, 0.5) is 0 Å². The van der Waals surface area contributed by atoms with Gasteiger partial charge in [0.15, 0.2) is 0 Å². The fraction of sp³-hybridized carbons (Fsp3) is 0.972. The van der Waals surface area contributed by atoms with Gasteiger partial charge in [0.1, 0.15) is 0 Å². The predicted octanol–water partition coefficient (Wildman–Crippen LogP) is 11.7. The first-order valence-corrected chi connectivity index (χ1v) is 17.8. The lowest BCUT2D eigenvalue weighted by Crippen LogP contribution is -2.52. The van der Waals surface area contributed by atoms with E-state index < -0.39 is 0 Å². The molecule has 3 rings (SSSR count). The zero-order valence-corrected chi connectivity index (χ0v) is 26.0. The minimum atomic E-state index is -0.187. The third-order valence-electron chi connectivity index (χ3n) is 11.4. The van der Waals surface area contributed by atoms with E-state index in [9.17, 15) is 4.79 Å². The molecule has 0 amide bonds. The second-order valence-electron chi connectivity index (χ2n) is 13.9. The molecule has 0 heterocycles. The van der Waals surface area contributed by atoms with Crippen LogP contribution in [0.15, 0.2) is 0 Å². The molecule has 0 aromatic carbocycles. The van der Waals surface area contributed by atoms with Gasteiger partial charge < -0.3 is 4.74 Å². The Kier molecular flexibility index (Phi) is 15.2. The lowest BCUT2D eigenvalue weighted by atomic mass is 9.49. The summed E-state index contributed by atoms with van der Waals surface area (Å²) in [7, 11) is 0. The largest absolute Gasteiger partial charge is 0.465 e. The van der Waals surface area contributed by atoms with Gasteiger partial charge in [0.2, 0.25) is 0 Å². The molecule has 3 fully saturated rings. The molecular weight excluding hydrogens is 464 g/mol. The van der Waals surface area contributed by atoms with Crippen molar-refractivity contribution < 1.29 is 9.53 Å². The summed E-state index contributed by atoms with van der Waals surface area (Å²) < 4.78 is 6.26. The van der Waals surface area contributed by atoms with Gasteiger partial charge in [-0.05, 0) is 68.6 Å². The lowest BCUT2D eigenvalue weighted by Gasteiger charge is -2.55. The van der Waals surface area contributed by atoms with Crippen LogP contribution in [0.3, 0.4) is 0 Å². The van der Waals surface area contributed by atoms with Crippen LogP contribution in [0.1, 0.15) is 194 Å². The number of unbranched alkanes of at least 4 members (excludes halogenated alkanes) is 11. The van der Waals surface area contributed by atoms with Crippen molar-refractivity contribution in [2.75, 3.05) is 6.61 Å². The van der Waals surface area contributed by atoms with Gasteiger partial charge in [-0.15, -0.1) is 0 Å². The smallest absolute Gasteiger partial charge is 0.312 e. The molecule has 3 saturated carbocycles. The van der Waals surface area contributed by atoms with Crippen molar-refractivity contribution in [1.29, 1.82) is 0 Å². The Morgan fingerprint density at radius 2 is 1.08 bits per heavy atom. The SMILES string of the molecule is CCCCCCCCCCOC(=O)C1([C@]2(CCCCCCC)CC[C@H](C3CCCCC3)CC2)CCCCC1. The zero-order chi connectivity index (χ0) is 26.9. The maximum Gasteiger partial charge on any atom is 0.312 e. The number of carbonyl (C=O) groups is 1. The van der Waals surface area contributed by atoms with E-state index in [-0.39, 0.29) is 16.8 Å². The highest BCUT2D eigenvalue weighted by Crippen LogP contribution is 2.61. The fourth-order valence-electron chi connectivity index (χ4n) is 8.95. The maximum atomic E-state index is 14.1. The van der Waals surface area contributed by atoms with Crippen molar-refractivity contribution in [3.63, 3.8) is 0 Å². The van der Waals surface area contributed by atoms with Crippen molar-refractivity contribution in [2.45, 2.75) is 194 Å². The van der Waals surface area contributed by atoms with Crippen molar-refractivity contribution in [3.05, 3.63) is 0 Å². The van der Waals surface area contributed by atoms with E-state index in [1.165, 1.54) is 161 Å². The van der Waals surface area contributed by atoms with E-state index in [1.807, 2.05) is 0 Å². The number of esters is 1. The van der Waals surface area contributed by atoms with Crippen LogP contribution in [0.25, 0.3) is 0 Å². The van der Waals surface area contributed by atoms with Gasteiger partial charge in [-0.1, -0.05) is 142 Å². The Morgan fingerprint density at radius 1 is 0.579 bits per heavy atom. The summed E-state index contributed by atoms with van der Waals surface area (Å²) >= 11 is 0. The van der Waals surface area contributed by atoms with Crippen LogP contribution in [0, 0.1) is 22.7 Å². The first-order valence-electron chi connectivity index (χ1n) is 17.8. The fourth-order valence-corrected chi connectivity index (χ4v) is 8.95. The first-order chi connectivity index (χ1) is 18.7. The highest BCUT2D eigenvalue weighted by molar-refractivity contribution is 5.78. The molecule has 0 aliphatic heterocycles. The maximum absolute atomic E-state index is 14.1. The number of carbonyl (C=O) groups excluding carboxylic acids is 1. The quantitative estimate of drug-likeness (QED) is 0.130. The van der Waals surface area contributed by atoms with Crippen molar-refractivity contribution in [1.82, 2.24) is 0 Å². The summed E-state index contributed by atoms with van der Waals surface area (Å²) in [6.07, 6.45) is 37.0. The Labute approximate surface area is 238 Å². The molecule has 0 radical (unpaired) electrons. The van der Waals surface area contributed by atoms with Gasteiger partial charge in [0.25, 0.3) is 0 Å². The van der Waals surface area contributed by atoms with E-state index in [4.69, 9.17) is 4.74 Å². The molecule has 3 aliphatic carbocycles. The zero-order valence-electron chi connectivity index (χ0n) is 26.0. The molecule has 0 unspecified atom stereocenters. The monoisotopic (exact) mass is 531 g/mol. The second-order valence-corrected chi connectivity index (χ2v) is 13.9. The topological polar surface area (TPSA) is 26.3 Å². The Hall–Kier alpha value is -0.530. The summed E-state index contributed by atoms with van der Waals surface area (Å²) in [6.45, 7) is 5.26. The van der Waals surface area contributed by atoms with E-state index >= 15 is 0 Å². The lowest BCUT2D eigenvalue weighted by molar-refractivity contribution is -0.175. The van der Waals surface area contributed by atoms with Crippen LogP contribution in [-0.4, -0.2) is 12.6 Å². The highest BCUT2D eigenvalue weighted by atomic mass is 16.5. The standard InChI is InChI=1S/C36H66O2/c1-3-5-7-9-10-11-13-21-31-38-34(37)36(27-19-15-20-28-36)35(26-18-12-8-6-4-2)29-24-33(25-30-35)32-22-16-14-17-23-32/h32-33H,3-31H2,1-2H3/t33-,35+. The molecule has 0 N–H and O–H groups in total. The van der Waals surface area contributed by atoms with Gasteiger partial charge in [-0.3, -0.25) is 4.79 Å². The molecule has 0 spiro atoms. The molecule has 222 valence electrons. The van der Waals surface area contributed by atoms with Crippen molar-refractivity contribution in [2.24, 2.45) is 22.7 Å².